The normalized spacial score (nSPS) is 11.9. The molecular formula is C22H28N. The van der Waals surface area contributed by atoms with E-state index in [1.807, 2.05) is 0 Å². The van der Waals surface area contributed by atoms with Gasteiger partial charge < -0.3 is 0 Å². The van der Waals surface area contributed by atoms with Gasteiger partial charge in [0.25, 0.3) is 0 Å². The minimum atomic E-state index is 1.13. The Labute approximate surface area is 141 Å². The van der Waals surface area contributed by atoms with Crippen LogP contribution in [0.25, 0.3) is 11.1 Å². The molecule has 0 aromatic heterocycles. The molecule has 2 aromatic carbocycles. The number of nitrogens with zero attached hydrogens (tertiary/aromatic N) is 1. The van der Waals surface area contributed by atoms with Gasteiger partial charge in [-0.05, 0) is 24.5 Å². The van der Waals surface area contributed by atoms with E-state index in [-0.39, 0.29) is 0 Å². The predicted molar refractivity (Wildman–Crippen MR) is 99.6 cm³/mol. The Kier molecular flexibility index (Phi) is 5.74. The fraction of sp³-hybridized carbons (Fsp3) is 0.455. The third-order valence-electron chi connectivity index (χ3n) is 4.85. The van der Waals surface area contributed by atoms with E-state index in [1.165, 1.54) is 73.7 Å². The standard InChI is InChI=1S/C22H28N/c1-2-3-4-5-6-7-8-9-13-18-14-12-16-20-19-15-10-11-17-21(19)23-22(18)20/h10-12,14-17H,2-9,13H2,1H3. The average molecular weight is 306 g/mol. The molecule has 0 fully saturated rings. The van der Waals surface area contributed by atoms with Crippen LogP contribution in [0.4, 0.5) is 11.4 Å². The SMILES string of the molecule is CCCCCCCCCCc1cccc2c1[N]c1ccccc1-2. The first-order chi connectivity index (χ1) is 11.4. The maximum absolute atomic E-state index is 4.86. The largest absolute Gasteiger partial charge is 0.247 e. The van der Waals surface area contributed by atoms with Gasteiger partial charge >= 0.3 is 0 Å². The summed E-state index contributed by atoms with van der Waals surface area (Å²) in [5.74, 6) is 0. The second kappa shape index (κ2) is 8.19. The molecule has 1 radical (unpaired) electrons. The van der Waals surface area contributed by atoms with E-state index in [9.17, 15) is 0 Å². The Morgan fingerprint density at radius 2 is 1.39 bits per heavy atom. The Bertz CT molecular complexity index is 630. The maximum atomic E-state index is 4.86. The summed E-state index contributed by atoms with van der Waals surface area (Å²) in [6, 6.07) is 15.1. The third-order valence-corrected chi connectivity index (χ3v) is 4.85. The van der Waals surface area contributed by atoms with Crippen LogP contribution in [0.2, 0.25) is 0 Å². The number of fused-ring (bicyclic) bond motifs is 3. The fourth-order valence-corrected chi connectivity index (χ4v) is 3.51. The summed E-state index contributed by atoms with van der Waals surface area (Å²) in [5.41, 5.74) is 6.38. The first kappa shape index (κ1) is 16.1. The van der Waals surface area contributed by atoms with Crippen LogP contribution in [0.5, 0.6) is 0 Å². The van der Waals surface area contributed by atoms with Crippen LogP contribution < -0.4 is 5.32 Å². The molecule has 3 rings (SSSR count). The number of unbranched alkanes of at least 4 members (excludes halogenated alkanes) is 7. The number of hydrogen-bond acceptors (Lipinski definition) is 0. The van der Waals surface area contributed by atoms with E-state index < -0.39 is 0 Å². The van der Waals surface area contributed by atoms with Crippen molar-refractivity contribution in [2.45, 2.75) is 64.7 Å². The number of para-hydroxylation sites is 2. The Balaban J connectivity index is 1.49. The molecule has 0 saturated heterocycles. The molecule has 0 atom stereocenters. The number of hydrogen-bond donors (Lipinski definition) is 0. The first-order valence-electron chi connectivity index (χ1n) is 9.33. The Morgan fingerprint density at radius 3 is 2.22 bits per heavy atom. The van der Waals surface area contributed by atoms with E-state index >= 15 is 0 Å². The summed E-state index contributed by atoms with van der Waals surface area (Å²) in [4.78, 5) is 0. The Morgan fingerprint density at radius 1 is 0.696 bits per heavy atom. The van der Waals surface area contributed by atoms with Gasteiger partial charge in [0.15, 0.2) is 0 Å². The van der Waals surface area contributed by atoms with Crippen molar-refractivity contribution in [3.8, 4) is 11.1 Å². The van der Waals surface area contributed by atoms with Gasteiger partial charge in [-0.2, -0.15) is 0 Å². The summed E-state index contributed by atoms with van der Waals surface area (Å²) < 4.78 is 0. The first-order valence-corrected chi connectivity index (χ1v) is 9.33. The molecule has 0 aliphatic carbocycles. The molecule has 0 amide bonds. The smallest absolute Gasteiger partial charge is 0.0748 e. The summed E-state index contributed by atoms with van der Waals surface area (Å²) in [6.07, 6.45) is 12.2. The fourth-order valence-electron chi connectivity index (χ4n) is 3.51. The van der Waals surface area contributed by atoms with Gasteiger partial charge in [-0.1, -0.05) is 88.3 Å². The second-order valence-corrected chi connectivity index (χ2v) is 6.67. The van der Waals surface area contributed by atoms with Crippen molar-refractivity contribution in [2.75, 3.05) is 0 Å². The maximum Gasteiger partial charge on any atom is 0.0748 e. The summed E-state index contributed by atoms with van der Waals surface area (Å²) in [5, 5.41) is 4.86. The highest BCUT2D eigenvalue weighted by Gasteiger charge is 2.21. The van der Waals surface area contributed by atoms with Crippen LogP contribution in [-0.4, -0.2) is 0 Å². The van der Waals surface area contributed by atoms with Crippen LogP contribution in [0.15, 0.2) is 42.5 Å². The highest BCUT2D eigenvalue weighted by Crippen LogP contribution is 2.44. The average Bonchev–Trinajstić information content (AvgIpc) is 2.97. The van der Waals surface area contributed by atoms with Crippen LogP contribution in [0.3, 0.4) is 0 Å². The van der Waals surface area contributed by atoms with Crippen molar-refractivity contribution in [1.29, 1.82) is 0 Å². The molecule has 1 aliphatic heterocycles. The van der Waals surface area contributed by atoms with Gasteiger partial charge in [-0.15, -0.1) is 0 Å². The van der Waals surface area contributed by atoms with Crippen LogP contribution in [0, 0.1) is 0 Å². The lowest BCUT2D eigenvalue weighted by Gasteiger charge is -2.07. The van der Waals surface area contributed by atoms with Crippen LogP contribution in [0.1, 0.15) is 63.9 Å². The molecule has 1 heterocycles. The zero-order valence-electron chi connectivity index (χ0n) is 14.4. The van der Waals surface area contributed by atoms with Crippen molar-refractivity contribution in [3.05, 3.63) is 48.0 Å². The van der Waals surface area contributed by atoms with Gasteiger partial charge in [-0.25, -0.2) is 5.32 Å². The lowest BCUT2D eigenvalue weighted by molar-refractivity contribution is 0.575. The zero-order chi connectivity index (χ0) is 15.9. The number of benzene rings is 2. The minimum Gasteiger partial charge on any atom is -0.247 e. The van der Waals surface area contributed by atoms with Crippen LogP contribution in [-0.2, 0) is 6.42 Å². The summed E-state index contributed by atoms with van der Waals surface area (Å²) in [7, 11) is 0. The van der Waals surface area contributed by atoms with Gasteiger partial charge in [0.1, 0.15) is 0 Å². The topological polar surface area (TPSA) is 14.1 Å². The van der Waals surface area contributed by atoms with E-state index in [1.54, 1.807) is 0 Å². The molecule has 0 unspecified atom stereocenters. The monoisotopic (exact) mass is 306 g/mol. The molecule has 0 spiro atoms. The van der Waals surface area contributed by atoms with E-state index in [2.05, 4.69) is 49.4 Å². The molecule has 1 aliphatic rings. The molecule has 1 nitrogen and oxygen atoms in total. The molecule has 121 valence electrons. The number of rotatable bonds is 9. The van der Waals surface area contributed by atoms with E-state index in [0.29, 0.717) is 0 Å². The molecule has 23 heavy (non-hydrogen) atoms. The van der Waals surface area contributed by atoms with Crippen molar-refractivity contribution in [3.63, 3.8) is 0 Å². The molecule has 0 bridgehead atoms. The molecule has 1 heteroatoms. The van der Waals surface area contributed by atoms with Gasteiger partial charge in [0.2, 0.25) is 0 Å². The molecule has 0 N–H and O–H groups in total. The van der Waals surface area contributed by atoms with Crippen LogP contribution >= 0.6 is 0 Å². The van der Waals surface area contributed by atoms with Gasteiger partial charge in [-0.3, -0.25) is 0 Å². The summed E-state index contributed by atoms with van der Waals surface area (Å²) >= 11 is 0. The van der Waals surface area contributed by atoms with E-state index in [4.69, 9.17) is 5.32 Å². The minimum absolute atomic E-state index is 1.13. The highest BCUT2D eigenvalue weighted by atomic mass is 14.9. The lowest BCUT2D eigenvalue weighted by atomic mass is 9.99. The Hall–Kier alpha value is -1.76. The predicted octanol–water partition coefficient (Wildman–Crippen LogP) is 6.92. The van der Waals surface area contributed by atoms with Crippen molar-refractivity contribution >= 4 is 11.4 Å². The van der Waals surface area contributed by atoms with Crippen molar-refractivity contribution in [2.24, 2.45) is 0 Å². The van der Waals surface area contributed by atoms with E-state index in [0.717, 1.165) is 12.1 Å². The van der Waals surface area contributed by atoms with Crippen molar-refractivity contribution in [1.82, 2.24) is 5.32 Å². The number of aryl methyl sites for hydroxylation is 1. The second-order valence-electron chi connectivity index (χ2n) is 6.67. The molecular weight excluding hydrogens is 278 g/mol. The molecule has 2 aromatic rings. The van der Waals surface area contributed by atoms with Crippen molar-refractivity contribution < 1.29 is 0 Å². The summed E-state index contributed by atoms with van der Waals surface area (Å²) in [6.45, 7) is 2.28. The lowest BCUT2D eigenvalue weighted by Crippen LogP contribution is -1.92. The molecule has 0 saturated carbocycles. The third kappa shape index (κ3) is 3.96. The van der Waals surface area contributed by atoms with Gasteiger partial charge in [0, 0.05) is 11.1 Å². The highest BCUT2D eigenvalue weighted by molar-refractivity contribution is 5.91. The zero-order valence-corrected chi connectivity index (χ0v) is 14.4. The quantitative estimate of drug-likeness (QED) is 0.381. The van der Waals surface area contributed by atoms with Gasteiger partial charge in [0.05, 0.1) is 11.4 Å².